The Balaban J connectivity index is 1.49. The molecule has 1 aromatic carbocycles. The Labute approximate surface area is 162 Å². The molecule has 0 spiro atoms. The average Bonchev–Trinajstić information content (AvgIpc) is 3.46. The van der Waals surface area contributed by atoms with Crippen LogP contribution in [0.5, 0.6) is 0 Å². The first-order valence-corrected chi connectivity index (χ1v) is 9.45. The molecular weight excluding hydrogens is 352 g/mol. The summed E-state index contributed by atoms with van der Waals surface area (Å²) in [7, 11) is 0. The van der Waals surface area contributed by atoms with E-state index in [1.807, 2.05) is 75.6 Å². The number of aromatic nitrogens is 5. The van der Waals surface area contributed by atoms with Crippen LogP contribution in [0.4, 0.5) is 0 Å². The summed E-state index contributed by atoms with van der Waals surface area (Å²) in [5.41, 5.74) is 3.21. The topological polar surface area (TPSA) is 68.3 Å². The highest BCUT2D eigenvalue weighted by Crippen LogP contribution is 2.33. The molecule has 7 nitrogen and oxygen atoms in total. The number of hydrogen-bond donors (Lipinski definition) is 0. The van der Waals surface area contributed by atoms with Gasteiger partial charge in [0, 0.05) is 12.7 Å². The zero-order chi connectivity index (χ0) is 19.1. The number of rotatable bonds is 3. The van der Waals surface area contributed by atoms with E-state index in [0.717, 1.165) is 35.7 Å². The lowest BCUT2D eigenvalue weighted by Crippen LogP contribution is -2.31. The van der Waals surface area contributed by atoms with Crippen molar-refractivity contribution in [3.05, 3.63) is 78.0 Å². The Morgan fingerprint density at radius 2 is 1.89 bits per heavy atom. The number of fused-ring (bicyclic) bond motifs is 1. The molecule has 0 N–H and O–H groups in total. The lowest BCUT2D eigenvalue weighted by atomic mass is 10.1. The van der Waals surface area contributed by atoms with Gasteiger partial charge in [0.2, 0.25) is 0 Å². The molecule has 28 heavy (non-hydrogen) atoms. The van der Waals surface area contributed by atoms with Crippen molar-refractivity contribution in [2.45, 2.75) is 25.8 Å². The molecule has 0 bridgehead atoms. The van der Waals surface area contributed by atoms with Crippen LogP contribution in [0, 0.1) is 6.92 Å². The fourth-order valence-corrected chi connectivity index (χ4v) is 3.97. The number of carbonyl (C=O) groups excluding carboxylic acids is 1. The van der Waals surface area contributed by atoms with Gasteiger partial charge >= 0.3 is 0 Å². The third kappa shape index (κ3) is 2.58. The molecular formula is C21H20N6O. The van der Waals surface area contributed by atoms with Crippen LogP contribution in [0.2, 0.25) is 0 Å². The number of para-hydroxylation sites is 1. The SMILES string of the molecule is Cc1c(C(=O)N2CCC[C@H]2c2nnc3ccccn23)cnn1-c1ccccc1. The number of amides is 1. The molecule has 4 aromatic rings. The minimum Gasteiger partial charge on any atom is -0.328 e. The highest BCUT2D eigenvalue weighted by atomic mass is 16.2. The van der Waals surface area contributed by atoms with Gasteiger partial charge in [-0.15, -0.1) is 10.2 Å². The Morgan fingerprint density at radius 1 is 1.07 bits per heavy atom. The van der Waals surface area contributed by atoms with Crippen molar-refractivity contribution in [3.8, 4) is 5.69 Å². The number of benzene rings is 1. The number of pyridine rings is 1. The van der Waals surface area contributed by atoms with Gasteiger partial charge < -0.3 is 4.90 Å². The summed E-state index contributed by atoms with van der Waals surface area (Å²) in [6, 6.07) is 15.6. The summed E-state index contributed by atoms with van der Waals surface area (Å²) < 4.78 is 3.78. The van der Waals surface area contributed by atoms with Crippen LogP contribution in [0.15, 0.2) is 60.9 Å². The molecule has 0 saturated carbocycles. The standard InChI is InChI=1S/C21H20N6O/c1-15-17(14-22-27(15)16-8-3-2-4-9-16)21(28)25-13-7-10-18(25)20-24-23-19-11-5-6-12-26(19)20/h2-6,8-9,11-12,14,18H,7,10,13H2,1H3/t18-/m0/s1. The monoisotopic (exact) mass is 372 g/mol. The van der Waals surface area contributed by atoms with E-state index in [4.69, 9.17) is 0 Å². The van der Waals surface area contributed by atoms with Crippen LogP contribution in [-0.4, -0.2) is 41.7 Å². The summed E-state index contributed by atoms with van der Waals surface area (Å²) in [5, 5.41) is 13.1. The Kier molecular flexibility index (Phi) is 3.93. The highest BCUT2D eigenvalue weighted by Gasteiger charge is 2.35. The minimum atomic E-state index is -0.0793. The molecule has 0 unspecified atom stereocenters. The van der Waals surface area contributed by atoms with Gasteiger partial charge in [0.15, 0.2) is 11.5 Å². The molecule has 1 atom stereocenters. The number of carbonyl (C=O) groups is 1. The van der Waals surface area contributed by atoms with Crippen molar-refractivity contribution in [2.24, 2.45) is 0 Å². The molecule has 1 aliphatic heterocycles. The van der Waals surface area contributed by atoms with Gasteiger partial charge in [-0.2, -0.15) is 5.10 Å². The van der Waals surface area contributed by atoms with Crippen LogP contribution in [0.3, 0.4) is 0 Å². The van der Waals surface area contributed by atoms with E-state index in [-0.39, 0.29) is 11.9 Å². The smallest absolute Gasteiger partial charge is 0.257 e. The van der Waals surface area contributed by atoms with Crippen molar-refractivity contribution in [3.63, 3.8) is 0 Å². The number of likely N-dealkylation sites (tertiary alicyclic amines) is 1. The summed E-state index contributed by atoms with van der Waals surface area (Å²) >= 11 is 0. The van der Waals surface area contributed by atoms with Crippen molar-refractivity contribution < 1.29 is 4.79 Å². The Hall–Kier alpha value is -3.48. The Bertz CT molecular complexity index is 1150. The van der Waals surface area contributed by atoms with Crippen LogP contribution in [0.1, 0.15) is 40.8 Å². The van der Waals surface area contributed by atoms with Gasteiger partial charge in [-0.05, 0) is 44.0 Å². The van der Waals surface area contributed by atoms with E-state index >= 15 is 0 Å². The minimum absolute atomic E-state index is 0.00476. The van der Waals surface area contributed by atoms with Gasteiger partial charge in [-0.1, -0.05) is 24.3 Å². The lowest BCUT2D eigenvalue weighted by molar-refractivity contribution is 0.0728. The maximum atomic E-state index is 13.4. The first-order valence-electron chi connectivity index (χ1n) is 9.45. The molecule has 1 amide bonds. The fourth-order valence-electron chi connectivity index (χ4n) is 3.97. The molecule has 5 rings (SSSR count). The summed E-state index contributed by atoms with van der Waals surface area (Å²) in [6.07, 6.45) is 5.45. The molecule has 0 aliphatic carbocycles. The van der Waals surface area contributed by atoms with Gasteiger partial charge in [-0.3, -0.25) is 9.20 Å². The maximum Gasteiger partial charge on any atom is 0.257 e. The van der Waals surface area contributed by atoms with E-state index < -0.39 is 0 Å². The van der Waals surface area contributed by atoms with E-state index in [2.05, 4.69) is 15.3 Å². The highest BCUT2D eigenvalue weighted by molar-refractivity contribution is 5.95. The zero-order valence-corrected chi connectivity index (χ0v) is 15.6. The first kappa shape index (κ1) is 16.7. The van der Waals surface area contributed by atoms with E-state index in [1.165, 1.54) is 0 Å². The van der Waals surface area contributed by atoms with Crippen LogP contribution < -0.4 is 0 Å². The van der Waals surface area contributed by atoms with Gasteiger partial charge in [0.1, 0.15) is 0 Å². The second-order valence-corrected chi connectivity index (χ2v) is 7.03. The lowest BCUT2D eigenvalue weighted by Gasteiger charge is -2.23. The predicted molar refractivity (Wildman–Crippen MR) is 104 cm³/mol. The van der Waals surface area contributed by atoms with Gasteiger partial charge in [-0.25, -0.2) is 4.68 Å². The van der Waals surface area contributed by atoms with Crippen molar-refractivity contribution >= 4 is 11.6 Å². The molecule has 1 saturated heterocycles. The number of nitrogens with zero attached hydrogens (tertiary/aromatic N) is 6. The second kappa shape index (κ2) is 6.60. The average molecular weight is 372 g/mol. The van der Waals surface area contributed by atoms with Crippen molar-refractivity contribution in [1.29, 1.82) is 0 Å². The summed E-state index contributed by atoms with van der Waals surface area (Å²) in [4.78, 5) is 15.3. The van der Waals surface area contributed by atoms with Gasteiger partial charge in [0.05, 0.1) is 29.2 Å². The van der Waals surface area contributed by atoms with Crippen LogP contribution >= 0.6 is 0 Å². The third-order valence-electron chi connectivity index (χ3n) is 5.39. The van der Waals surface area contributed by atoms with E-state index in [0.29, 0.717) is 12.1 Å². The quantitative estimate of drug-likeness (QED) is 0.554. The molecule has 140 valence electrons. The van der Waals surface area contributed by atoms with E-state index in [1.54, 1.807) is 6.20 Å². The molecule has 3 aromatic heterocycles. The summed E-state index contributed by atoms with van der Waals surface area (Å²) in [6.45, 7) is 2.64. The third-order valence-corrected chi connectivity index (χ3v) is 5.39. The molecule has 1 fully saturated rings. The summed E-state index contributed by atoms with van der Waals surface area (Å²) in [5.74, 6) is 0.810. The molecule has 7 heteroatoms. The first-order chi connectivity index (χ1) is 13.7. The van der Waals surface area contributed by atoms with Crippen molar-refractivity contribution in [2.75, 3.05) is 6.54 Å². The van der Waals surface area contributed by atoms with Gasteiger partial charge in [0.25, 0.3) is 5.91 Å². The maximum absolute atomic E-state index is 13.4. The largest absolute Gasteiger partial charge is 0.328 e. The molecule has 0 radical (unpaired) electrons. The van der Waals surface area contributed by atoms with Crippen LogP contribution in [0.25, 0.3) is 11.3 Å². The molecule has 1 aliphatic rings. The predicted octanol–water partition coefficient (Wildman–Crippen LogP) is 3.20. The van der Waals surface area contributed by atoms with E-state index in [9.17, 15) is 4.79 Å². The molecule has 4 heterocycles. The normalized spacial score (nSPS) is 16.8. The Morgan fingerprint density at radius 3 is 2.75 bits per heavy atom. The number of hydrogen-bond acceptors (Lipinski definition) is 4. The van der Waals surface area contributed by atoms with Crippen LogP contribution in [-0.2, 0) is 0 Å². The zero-order valence-electron chi connectivity index (χ0n) is 15.6. The second-order valence-electron chi connectivity index (χ2n) is 7.03. The van der Waals surface area contributed by atoms with Crippen molar-refractivity contribution in [1.82, 2.24) is 29.3 Å². The fraction of sp³-hybridized carbons (Fsp3) is 0.238.